The SMILES string of the molecule is CSc1ccccc1OCc1cc(F)cc(C#CCN)c1. The van der Waals surface area contributed by atoms with Crippen LogP contribution >= 0.6 is 11.8 Å². The molecule has 108 valence electrons. The topological polar surface area (TPSA) is 35.2 Å². The maximum absolute atomic E-state index is 13.6. The Morgan fingerprint density at radius 2 is 2.05 bits per heavy atom. The van der Waals surface area contributed by atoms with Crippen molar-refractivity contribution in [1.82, 2.24) is 0 Å². The average molecular weight is 301 g/mol. The Morgan fingerprint density at radius 1 is 1.24 bits per heavy atom. The molecule has 21 heavy (non-hydrogen) atoms. The fraction of sp³-hybridized carbons (Fsp3) is 0.176. The van der Waals surface area contributed by atoms with Crippen LogP contribution in [0.1, 0.15) is 11.1 Å². The van der Waals surface area contributed by atoms with Crippen molar-refractivity contribution < 1.29 is 9.13 Å². The van der Waals surface area contributed by atoms with Gasteiger partial charge in [0.25, 0.3) is 0 Å². The Morgan fingerprint density at radius 3 is 2.81 bits per heavy atom. The summed E-state index contributed by atoms with van der Waals surface area (Å²) in [5.41, 5.74) is 6.68. The molecule has 2 aromatic rings. The van der Waals surface area contributed by atoms with Crippen molar-refractivity contribution in [2.45, 2.75) is 11.5 Å². The normalized spacial score (nSPS) is 9.86. The second-order valence-corrected chi connectivity index (χ2v) is 5.14. The Balaban J connectivity index is 2.14. The summed E-state index contributed by atoms with van der Waals surface area (Å²) in [7, 11) is 0. The molecule has 0 heterocycles. The second kappa shape index (κ2) is 7.72. The molecular weight excluding hydrogens is 285 g/mol. The molecule has 2 nitrogen and oxygen atoms in total. The highest BCUT2D eigenvalue weighted by atomic mass is 32.2. The van der Waals surface area contributed by atoms with E-state index in [1.807, 2.05) is 36.6 Å². The van der Waals surface area contributed by atoms with Crippen molar-refractivity contribution in [2.24, 2.45) is 5.73 Å². The average Bonchev–Trinajstić information content (AvgIpc) is 2.50. The van der Waals surface area contributed by atoms with Crippen molar-refractivity contribution >= 4 is 11.8 Å². The van der Waals surface area contributed by atoms with Crippen molar-refractivity contribution in [3.05, 3.63) is 59.4 Å². The van der Waals surface area contributed by atoms with Crippen LogP contribution < -0.4 is 10.5 Å². The van der Waals surface area contributed by atoms with Gasteiger partial charge in [-0.3, -0.25) is 0 Å². The minimum Gasteiger partial charge on any atom is -0.488 e. The van der Waals surface area contributed by atoms with Crippen LogP contribution in [-0.4, -0.2) is 12.8 Å². The van der Waals surface area contributed by atoms with E-state index in [-0.39, 0.29) is 12.4 Å². The molecule has 0 amide bonds. The lowest BCUT2D eigenvalue weighted by atomic mass is 10.1. The molecule has 4 heteroatoms. The molecule has 0 aliphatic carbocycles. The van der Waals surface area contributed by atoms with Crippen LogP contribution in [0.4, 0.5) is 4.39 Å². The van der Waals surface area contributed by atoms with Gasteiger partial charge in [0.1, 0.15) is 18.2 Å². The number of para-hydroxylation sites is 1. The van der Waals surface area contributed by atoms with E-state index in [2.05, 4.69) is 11.8 Å². The first-order valence-electron chi connectivity index (χ1n) is 6.47. The lowest BCUT2D eigenvalue weighted by molar-refractivity contribution is 0.298. The molecule has 0 fully saturated rings. The zero-order valence-electron chi connectivity index (χ0n) is 11.7. The third-order valence-electron chi connectivity index (χ3n) is 2.76. The summed E-state index contributed by atoms with van der Waals surface area (Å²) in [5, 5.41) is 0. The summed E-state index contributed by atoms with van der Waals surface area (Å²) in [6, 6.07) is 12.4. The van der Waals surface area contributed by atoms with Gasteiger partial charge < -0.3 is 10.5 Å². The summed E-state index contributed by atoms with van der Waals surface area (Å²) in [6.45, 7) is 0.552. The van der Waals surface area contributed by atoms with Crippen LogP contribution in [0.15, 0.2) is 47.4 Å². The van der Waals surface area contributed by atoms with Crippen LogP contribution in [-0.2, 0) is 6.61 Å². The Hall–Kier alpha value is -1.96. The first-order valence-corrected chi connectivity index (χ1v) is 7.69. The summed E-state index contributed by atoms with van der Waals surface area (Å²) in [4.78, 5) is 1.05. The van der Waals surface area contributed by atoms with E-state index in [1.54, 1.807) is 11.8 Å². The number of rotatable bonds is 4. The Labute approximate surface area is 128 Å². The van der Waals surface area contributed by atoms with E-state index in [0.29, 0.717) is 12.2 Å². The number of ether oxygens (including phenoxy) is 1. The zero-order chi connectivity index (χ0) is 15.1. The number of hydrogen-bond donors (Lipinski definition) is 1. The molecule has 0 saturated heterocycles. The largest absolute Gasteiger partial charge is 0.488 e. The summed E-state index contributed by atoms with van der Waals surface area (Å²) >= 11 is 1.61. The highest BCUT2D eigenvalue weighted by Gasteiger charge is 2.04. The third kappa shape index (κ3) is 4.52. The number of thioether (sulfide) groups is 1. The summed E-state index contributed by atoms with van der Waals surface area (Å²) in [6.07, 6.45) is 1.99. The molecule has 0 saturated carbocycles. The molecule has 2 aromatic carbocycles. The van der Waals surface area contributed by atoms with Gasteiger partial charge in [-0.05, 0) is 42.2 Å². The predicted octanol–water partition coefficient (Wildman–Crippen LogP) is 3.44. The molecule has 0 aliphatic heterocycles. The number of halogens is 1. The van der Waals surface area contributed by atoms with Gasteiger partial charge >= 0.3 is 0 Å². The number of nitrogens with two attached hydrogens (primary N) is 1. The molecule has 0 aliphatic rings. The third-order valence-corrected chi connectivity index (χ3v) is 3.53. The van der Waals surface area contributed by atoms with E-state index in [1.165, 1.54) is 12.1 Å². The van der Waals surface area contributed by atoms with Gasteiger partial charge in [-0.15, -0.1) is 11.8 Å². The number of benzene rings is 2. The van der Waals surface area contributed by atoms with Crippen LogP contribution in [0.2, 0.25) is 0 Å². The minimum absolute atomic E-state index is 0.253. The van der Waals surface area contributed by atoms with Crippen molar-refractivity contribution in [1.29, 1.82) is 0 Å². The van der Waals surface area contributed by atoms with Gasteiger partial charge in [-0.2, -0.15) is 0 Å². The van der Waals surface area contributed by atoms with Crippen LogP contribution in [0, 0.1) is 17.7 Å². The van der Waals surface area contributed by atoms with Gasteiger partial charge in [0.05, 0.1) is 6.54 Å². The molecule has 0 atom stereocenters. The van der Waals surface area contributed by atoms with E-state index < -0.39 is 0 Å². The fourth-order valence-electron chi connectivity index (χ4n) is 1.86. The van der Waals surface area contributed by atoms with Crippen molar-refractivity contribution in [3.63, 3.8) is 0 Å². The van der Waals surface area contributed by atoms with Gasteiger partial charge in [-0.25, -0.2) is 4.39 Å². The zero-order valence-corrected chi connectivity index (χ0v) is 12.5. The quantitative estimate of drug-likeness (QED) is 0.694. The Kier molecular flexibility index (Phi) is 5.68. The van der Waals surface area contributed by atoms with Gasteiger partial charge in [0, 0.05) is 10.5 Å². The summed E-state index contributed by atoms with van der Waals surface area (Å²) < 4.78 is 19.3. The first-order chi connectivity index (χ1) is 10.2. The van der Waals surface area contributed by atoms with E-state index in [9.17, 15) is 4.39 Å². The maximum Gasteiger partial charge on any atom is 0.133 e. The number of hydrogen-bond acceptors (Lipinski definition) is 3. The van der Waals surface area contributed by atoms with Crippen LogP contribution in [0.5, 0.6) is 5.75 Å². The van der Waals surface area contributed by atoms with Crippen molar-refractivity contribution in [3.8, 4) is 17.6 Å². The molecule has 2 rings (SSSR count). The van der Waals surface area contributed by atoms with E-state index in [4.69, 9.17) is 10.5 Å². The van der Waals surface area contributed by atoms with Gasteiger partial charge in [0.15, 0.2) is 0 Å². The molecule has 2 N–H and O–H groups in total. The first kappa shape index (κ1) is 15.4. The van der Waals surface area contributed by atoms with Gasteiger partial charge in [0.2, 0.25) is 0 Å². The Bertz CT molecular complexity index is 676. The molecule has 0 aromatic heterocycles. The predicted molar refractivity (Wildman–Crippen MR) is 84.9 cm³/mol. The smallest absolute Gasteiger partial charge is 0.133 e. The molecule has 0 radical (unpaired) electrons. The standard InChI is InChI=1S/C17H16FNOS/c1-21-17-7-3-2-6-16(17)20-12-14-9-13(5-4-8-19)10-15(18)11-14/h2-3,6-7,9-11H,8,12,19H2,1H3. The van der Waals surface area contributed by atoms with E-state index >= 15 is 0 Å². The second-order valence-electron chi connectivity index (χ2n) is 4.29. The lowest BCUT2D eigenvalue weighted by Crippen LogP contribution is -1.98. The van der Waals surface area contributed by atoms with E-state index in [0.717, 1.165) is 16.2 Å². The van der Waals surface area contributed by atoms with Gasteiger partial charge in [-0.1, -0.05) is 24.0 Å². The molecule has 0 spiro atoms. The van der Waals surface area contributed by atoms with Crippen LogP contribution in [0.25, 0.3) is 0 Å². The summed E-state index contributed by atoms with van der Waals surface area (Å²) in [5.74, 6) is 6.02. The minimum atomic E-state index is -0.324. The molecular formula is C17H16FNOS. The fourth-order valence-corrected chi connectivity index (χ4v) is 2.40. The highest BCUT2D eigenvalue weighted by Crippen LogP contribution is 2.27. The molecule has 0 bridgehead atoms. The lowest BCUT2D eigenvalue weighted by Gasteiger charge is -2.10. The van der Waals surface area contributed by atoms with Crippen molar-refractivity contribution in [2.75, 3.05) is 12.8 Å². The molecule has 0 unspecified atom stereocenters. The monoisotopic (exact) mass is 301 g/mol. The van der Waals surface area contributed by atoms with Crippen LogP contribution in [0.3, 0.4) is 0 Å². The highest BCUT2D eigenvalue weighted by molar-refractivity contribution is 7.98. The maximum atomic E-state index is 13.6.